The van der Waals surface area contributed by atoms with Gasteiger partial charge in [0.15, 0.2) is 11.9 Å². The first kappa shape index (κ1) is 13.0. The fraction of sp³-hybridized carbons (Fsp3) is 0.400. The van der Waals surface area contributed by atoms with Gasteiger partial charge >= 0.3 is 0 Å². The van der Waals surface area contributed by atoms with Crippen molar-refractivity contribution in [1.82, 2.24) is 0 Å². The van der Waals surface area contributed by atoms with Crippen LogP contribution in [0.1, 0.15) is 24.8 Å². The Balaban J connectivity index is 2.38. The molecule has 1 N–H and O–H groups in total. The highest BCUT2D eigenvalue weighted by Gasteiger charge is 2.40. The molecule has 2 rings (SSSR count). The molecule has 1 aromatic rings. The van der Waals surface area contributed by atoms with Crippen LogP contribution in [0.15, 0.2) is 36.4 Å². The SMILES string of the molecule is O=CC(O)(CF)C1CCCC=C1c1ccccc1. The van der Waals surface area contributed by atoms with E-state index in [4.69, 9.17) is 0 Å². The summed E-state index contributed by atoms with van der Waals surface area (Å²) >= 11 is 0. The van der Waals surface area contributed by atoms with Crippen LogP contribution in [0.2, 0.25) is 0 Å². The molecule has 0 amide bonds. The molecule has 0 saturated carbocycles. The zero-order valence-electron chi connectivity index (χ0n) is 10.2. The predicted octanol–water partition coefficient (Wildman–Crippen LogP) is 2.77. The van der Waals surface area contributed by atoms with Crippen LogP contribution in [0.4, 0.5) is 4.39 Å². The van der Waals surface area contributed by atoms with Gasteiger partial charge in [-0.15, -0.1) is 0 Å². The Labute approximate surface area is 106 Å². The number of carbonyl (C=O) groups is 1. The third kappa shape index (κ3) is 2.36. The van der Waals surface area contributed by atoms with Gasteiger partial charge < -0.3 is 9.90 Å². The minimum atomic E-state index is -1.89. The minimum Gasteiger partial charge on any atom is -0.379 e. The molecule has 1 aliphatic carbocycles. The van der Waals surface area contributed by atoms with Crippen molar-refractivity contribution in [2.45, 2.75) is 24.9 Å². The number of carbonyl (C=O) groups excluding carboxylic acids is 1. The summed E-state index contributed by atoms with van der Waals surface area (Å²) in [7, 11) is 0. The average Bonchev–Trinajstić information content (AvgIpc) is 2.47. The Morgan fingerprint density at radius 3 is 2.72 bits per heavy atom. The number of alkyl halides is 1. The van der Waals surface area contributed by atoms with E-state index >= 15 is 0 Å². The van der Waals surface area contributed by atoms with Crippen LogP contribution in [-0.4, -0.2) is 23.7 Å². The molecule has 1 aliphatic rings. The third-order valence-corrected chi connectivity index (χ3v) is 3.57. The van der Waals surface area contributed by atoms with Crippen LogP contribution in [0.3, 0.4) is 0 Å². The van der Waals surface area contributed by atoms with Crippen LogP contribution in [0.25, 0.3) is 5.57 Å². The van der Waals surface area contributed by atoms with E-state index in [-0.39, 0.29) is 0 Å². The van der Waals surface area contributed by atoms with E-state index in [2.05, 4.69) is 0 Å². The van der Waals surface area contributed by atoms with E-state index in [1.165, 1.54) is 0 Å². The van der Waals surface area contributed by atoms with Gasteiger partial charge in [0, 0.05) is 5.92 Å². The van der Waals surface area contributed by atoms with Gasteiger partial charge in [-0.05, 0) is 30.4 Å². The van der Waals surface area contributed by atoms with Crippen LogP contribution < -0.4 is 0 Å². The molecule has 0 bridgehead atoms. The fourth-order valence-corrected chi connectivity index (χ4v) is 2.55. The molecule has 2 atom stereocenters. The Morgan fingerprint density at radius 2 is 2.11 bits per heavy atom. The topological polar surface area (TPSA) is 37.3 Å². The van der Waals surface area contributed by atoms with Gasteiger partial charge in [0.1, 0.15) is 6.67 Å². The van der Waals surface area contributed by atoms with Gasteiger partial charge in [0.2, 0.25) is 0 Å². The second kappa shape index (κ2) is 5.44. The maximum Gasteiger partial charge on any atom is 0.154 e. The van der Waals surface area contributed by atoms with Crippen LogP contribution in [0.5, 0.6) is 0 Å². The van der Waals surface area contributed by atoms with E-state index in [1.807, 2.05) is 36.4 Å². The summed E-state index contributed by atoms with van der Waals surface area (Å²) in [6, 6.07) is 9.55. The number of halogens is 1. The molecule has 2 unspecified atom stereocenters. The molecule has 0 spiro atoms. The zero-order valence-corrected chi connectivity index (χ0v) is 10.2. The Bertz CT molecular complexity index is 441. The normalized spacial score (nSPS) is 23.0. The summed E-state index contributed by atoms with van der Waals surface area (Å²) in [5.41, 5.74) is -0.0488. The molecule has 18 heavy (non-hydrogen) atoms. The summed E-state index contributed by atoms with van der Waals surface area (Å²) in [6.45, 7) is -1.04. The maximum atomic E-state index is 13.0. The summed E-state index contributed by atoms with van der Waals surface area (Å²) in [4.78, 5) is 11.0. The van der Waals surface area contributed by atoms with E-state index in [9.17, 15) is 14.3 Å². The molecule has 2 nitrogen and oxygen atoms in total. The summed E-state index contributed by atoms with van der Waals surface area (Å²) in [5.74, 6) is -0.448. The molecule has 0 heterocycles. The van der Waals surface area contributed by atoms with E-state index in [1.54, 1.807) is 0 Å². The highest BCUT2D eigenvalue weighted by atomic mass is 19.1. The van der Waals surface area contributed by atoms with Crippen LogP contribution in [-0.2, 0) is 4.79 Å². The number of hydrogen-bond donors (Lipinski definition) is 1. The fourth-order valence-electron chi connectivity index (χ4n) is 2.55. The standard InChI is InChI=1S/C15H17FO2/c16-10-15(18,11-17)14-9-5-4-8-13(14)12-6-2-1-3-7-12/h1-3,6-8,11,14,18H,4-5,9-10H2. The quantitative estimate of drug-likeness (QED) is 0.832. The van der Waals surface area contributed by atoms with Gasteiger partial charge in [-0.1, -0.05) is 36.4 Å². The summed E-state index contributed by atoms with van der Waals surface area (Å²) in [5, 5.41) is 10.1. The monoisotopic (exact) mass is 248 g/mol. The highest BCUT2D eigenvalue weighted by Crippen LogP contribution is 2.38. The highest BCUT2D eigenvalue weighted by molar-refractivity contribution is 5.75. The van der Waals surface area contributed by atoms with Gasteiger partial charge in [-0.2, -0.15) is 0 Å². The smallest absolute Gasteiger partial charge is 0.154 e. The van der Waals surface area contributed by atoms with Crippen molar-refractivity contribution < 1.29 is 14.3 Å². The minimum absolute atomic E-state index is 0.347. The van der Waals surface area contributed by atoms with Gasteiger partial charge in [-0.25, -0.2) is 4.39 Å². The molecule has 0 saturated heterocycles. The predicted molar refractivity (Wildman–Crippen MR) is 68.7 cm³/mol. The zero-order chi connectivity index (χ0) is 13.0. The average molecular weight is 248 g/mol. The van der Waals surface area contributed by atoms with Crippen molar-refractivity contribution in [2.24, 2.45) is 5.92 Å². The van der Waals surface area contributed by atoms with Gasteiger partial charge in [-0.3, -0.25) is 0 Å². The number of rotatable bonds is 4. The molecule has 1 aromatic carbocycles. The number of allylic oxidation sites excluding steroid dienone is 1. The van der Waals surface area contributed by atoms with Crippen molar-refractivity contribution in [3.05, 3.63) is 42.0 Å². The van der Waals surface area contributed by atoms with E-state index in [0.717, 1.165) is 24.0 Å². The van der Waals surface area contributed by atoms with Gasteiger partial charge in [0.25, 0.3) is 0 Å². The first-order valence-electron chi connectivity index (χ1n) is 6.21. The molecule has 3 heteroatoms. The van der Waals surface area contributed by atoms with Crippen molar-refractivity contribution in [1.29, 1.82) is 0 Å². The Morgan fingerprint density at radius 1 is 1.39 bits per heavy atom. The first-order chi connectivity index (χ1) is 8.71. The number of aliphatic hydroxyl groups is 1. The molecule has 0 aliphatic heterocycles. The molecule has 0 fully saturated rings. The number of aldehydes is 1. The largest absolute Gasteiger partial charge is 0.379 e. The lowest BCUT2D eigenvalue weighted by Gasteiger charge is -2.34. The first-order valence-corrected chi connectivity index (χ1v) is 6.21. The number of benzene rings is 1. The van der Waals surface area contributed by atoms with Crippen molar-refractivity contribution in [3.63, 3.8) is 0 Å². The Kier molecular flexibility index (Phi) is 3.92. The lowest BCUT2D eigenvalue weighted by molar-refractivity contribution is -0.129. The molecule has 96 valence electrons. The lowest BCUT2D eigenvalue weighted by atomic mass is 9.74. The van der Waals surface area contributed by atoms with E-state index in [0.29, 0.717) is 12.7 Å². The molecule has 0 aromatic heterocycles. The Hall–Kier alpha value is -1.48. The molecular weight excluding hydrogens is 231 g/mol. The lowest BCUT2D eigenvalue weighted by Crippen LogP contribution is -2.43. The van der Waals surface area contributed by atoms with Gasteiger partial charge in [0.05, 0.1) is 0 Å². The van der Waals surface area contributed by atoms with Crippen LogP contribution in [0, 0.1) is 5.92 Å². The summed E-state index contributed by atoms with van der Waals surface area (Å²) < 4.78 is 13.0. The maximum absolute atomic E-state index is 13.0. The van der Waals surface area contributed by atoms with Crippen molar-refractivity contribution >= 4 is 11.9 Å². The van der Waals surface area contributed by atoms with E-state index < -0.39 is 18.2 Å². The third-order valence-electron chi connectivity index (χ3n) is 3.57. The second-order valence-corrected chi connectivity index (χ2v) is 4.75. The number of hydrogen-bond acceptors (Lipinski definition) is 2. The summed E-state index contributed by atoms with van der Waals surface area (Å²) in [6.07, 6.45) is 4.77. The molecule has 0 radical (unpaired) electrons. The molecular formula is C15H17FO2. The van der Waals surface area contributed by atoms with Crippen molar-refractivity contribution in [2.75, 3.05) is 6.67 Å². The van der Waals surface area contributed by atoms with Crippen molar-refractivity contribution in [3.8, 4) is 0 Å². The van der Waals surface area contributed by atoms with Crippen LogP contribution >= 0.6 is 0 Å². The second-order valence-electron chi connectivity index (χ2n) is 4.75.